The summed E-state index contributed by atoms with van der Waals surface area (Å²) in [5, 5.41) is 11.4. The van der Waals surface area contributed by atoms with Gasteiger partial charge in [0.1, 0.15) is 5.82 Å². The largest absolute Gasteiger partial charge is 0.355 e. The summed E-state index contributed by atoms with van der Waals surface area (Å²) in [5.41, 5.74) is 0. The first kappa shape index (κ1) is 13.2. The minimum absolute atomic E-state index is 0.0369. The number of rotatable bonds is 4. The number of hydrogen-bond donors (Lipinski definition) is 1. The van der Waals surface area contributed by atoms with Crippen LogP contribution in [0.25, 0.3) is 0 Å². The zero-order chi connectivity index (χ0) is 13.2. The summed E-state index contributed by atoms with van der Waals surface area (Å²) < 4.78 is 28.3. The molecule has 1 heterocycles. The van der Waals surface area contributed by atoms with Gasteiger partial charge in [-0.2, -0.15) is 0 Å². The Hall–Kier alpha value is -1.20. The molecule has 0 bridgehead atoms. The molecule has 2 rings (SSSR count). The van der Waals surface area contributed by atoms with Crippen molar-refractivity contribution in [1.29, 1.82) is 0 Å². The number of halogens is 2. The topological polar surface area (TPSA) is 42.7 Å². The molecular formula is C12H20F2N4. The average Bonchev–Trinajstić information content (AvgIpc) is 2.72. The highest BCUT2D eigenvalue weighted by atomic mass is 19.3. The Labute approximate surface area is 106 Å². The standard InChI is InChI=1S/C12H20F2N4/c1-3-15-11-17-16-10(18(11)4-2)9-5-7-12(13,14)8-6-9/h9H,3-8H2,1-2H3,(H,15,17). The van der Waals surface area contributed by atoms with Gasteiger partial charge < -0.3 is 5.32 Å². The van der Waals surface area contributed by atoms with E-state index in [1.54, 1.807) is 0 Å². The zero-order valence-electron chi connectivity index (χ0n) is 10.9. The molecule has 0 atom stereocenters. The second-order valence-corrected chi connectivity index (χ2v) is 4.79. The van der Waals surface area contributed by atoms with E-state index in [1.165, 1.54) is 0 Å². The molecule has 1 fully saturated rings. The Balaban J connectivity index is 2.14. The number of aromatic nitrogens is 3. The summed E-state index contributed by atoms with van der Waals surface area (Å²) >= 11 is 0. The van der Waals surface area contributed by atoms with Gasteiger partial charge in [-0.1, -0.05) is 0 Å². The molecule has 6 heteroatoms. The summed E-state index contributed by atoms with van der Waals surface area (Å²) in [6, 6.07) is 0. The monoisotopic (exact) mass is 258 g/mol. The van der Waals surface area contributed by atoms with Crippen molar-refractivity contribution >= 4 is 5.95 Å². The number of hydrogen-bond acceptors (Lipinski definition) is 3. The van der Waals surface area contributed by atoms with Crippen LogP contribution in [0.4, 0.5) is 14.7 Å². The average molecular weight is 258 g/mol. The molecule has 0 aromatic carbocycles. The molecule has 1 aliphatic rings. The lowest BCUT2D eigenvalue weighted by atomic mass is 9.86. The predicted molar refractivity (Wildman–Crippen MR) is 66.0 cm³/mol. The first-order valence-electron chi connectivity index (χ1n) is 6.62. The third kappa shape index (κ3) is 2.62. The molecule has 1 saturated carbocycles. The number of nitrogens with zero attached hydrogens (tertiary/aromatic N) is 3. The second kappa shape index (κ2) is 5.20. The summed E-state index contributed by atoms with van der Waals surface area (Å²) in [6.45, 7) is 5.55. The van der Waals surface area contributed by atoms with E-state index in [1.807, 2.05) is 18.4 Å². The van der Waals surface area contributed by atoms with Gasteiger partial charge in [0.25, 0.3) is 0 Å². The Kier molecular flexibility index (Phi) is 3.82. The van der Waals surface area contributed by atoms with E-state index in [9.17, 15) is 8.78 Å². The van der Waals surface area contributed by atoms with Gasteiger partial charge >= 0.3 is 0 Å². The van der Waals surface area contributed by atoms with E-state index >= 15 is 0 Å². The van der Waals surface area contributed by atoms with Crippen LogP contribution in [0.1, 0.15) is 51.3 Å². The van der Waals surface area contributed by atoms with Gasteiger partial charge in [0.05, 0.1) is 0 Å². The summed E-state index contributed by atoms with van der Waals surface area (Å²) in [4.78, 5) is 0. The first-order chi connectivity index (χ1) is 8.57. The van der Waals surface area contributed by atoms with Crippen LogP contribution in [0.3, 0.4) is 0 Å². The SMILES string of the molecule is CCNc1nnc(C2CCC(F)(F)CC2)n1CC. The highest BCUT2D eigenvalue weighted by Crippen LogP contribution is 2.40. The van der Waals surface area contributed by atoms with Crippen molar-refractivity contribution in [2.75, 3.05) is 11.9 Å². The quantitative estimate of drug-likeness (QED) is 0.902. The Morgan fingerprint density at radius 3 is 2.50 bits per heavy atom. The fraction of sp³-hybridized carbons (Fsp3) is 0.833. The van der Waals surface area contributed by atoms with E-state index < -0.39 is 5.92 Å². The van der Waals surface area contributed by atoms with Crippen molar-refractivity contribution in [3.63, 3.8) is 0 Å². The van der Waals surface area contributed by atoms with Crippen molar-refractivity contribution < 1.29 is 8.78 Å². The van der Waals surface area contributed by atoms with Crippen molar-refractivity contribution in [1.82, 2.24) is 14.8 Å². The molecule has 102 valence electrons. The zero-order valence-corrected chi connectivity index (χ0v) is 10.9. The highest BCUT2D eigenvalue weighted by Gasteiger charge is 2.37. The van der Waals surface area contributed by atoms with Crippen LogP contribution < -0.4 is 5.32 Å². The van der Waals surface area contributed by atoms with E-state index in [0.29, 0.717) is 12.8 Å². The first-order valence-corrected chi connectivity index (χ1v) is 6.62. The lowest BCUT2D eigenvalue weighted by molar-refractivity contribution is -0.0390. The van der Waals surface area contributed by atoms with Crippen molar-refractivity contribution in [2.45, 2.75) is 57.9 Å². The fourth-order valence-electron chi connectivity index (χ4n) is 2.52. The van der Waals surface area contributed by atoms with Gasteiger partial charge in [-0.05, 0) is 26.7 Å². The molecule has 0 unspecified atom stereocenters. The fourth-order valence-corrected chi connectivity index (χ4v) is 2.52. The van der Waals surface area contributed by atoms with Crippen molar-refractivity contribution in [3.05, 3.63) is 5.82 Å². The number of anilines is 1. The predicted octanol–water partition coefficient (Wildman–Crippen LogP) is 3.02. The molecule has 0 radical (unpaired) electrons. The number of alkyl halides is 2. The van der Waals surface area contributed by atoms with E-state index in [4.69, 9.17) is 0 Å². The van der Waals surface area contributed by atoms with Gasteiger partial charge in [-0.25, -0.2) is 8.78 Å². The summed E-state index contributed by atoms with van der Waals surface area (Å²) in [7, 11) is 0. The van der Waals surface area contributed by atoms with Crippen LogP contribution in [0.2, 0.25) is 0 Å². The van der Waals surface area contributed by atoms with E-state index in [-0.39, 0.29) is 18.8 Å². The lowest BCUT2D eigenvalue weighted by Gasteiger charge is -2.27. The summed E-state index contributed by atoms with van der Waals surface area (Å²) in [6.07, 6.45) is 0.921. The Morgan fingerprint density at radius 1 is 1.28 bits per heavy atom. The van der Waals surface area contributed by atoms with Gasteiger partial charge in [-0.15, -0.1) is 10.2 Å². The number of nitrogens with one attached hydrogen (secondary N) is 1. The van der Waals surface area contributed by atoms with Crippen LogP contribution in [-0.2, 0) is 6.54 Å². The molecule has 1 aliphatic carbocycles. The maximum Gasteiger partial charge on any atom is 0.248 e. The maximum absolute atomic E-state index is 13.1. The molecule has 0 aliphatic heterocycles. The Morgan fingerprint density at radius 2 is 1.94 bits per heavy atom. The summed E-state index contributed by atoms with van der Waals surface area (Å²) in [5.74, 6) is -0.779. The lowest BCUT2D eigenvalue weighted by Crippen LogP contribution is -2.25. The maximum atomic E-state index is 13.1. The van der Waals surface area contributed by atoms with Crippen LogP contribution >= 0.6 is 0 Å². The molecule has 0 spiro atoms. The van der Waals surface area contributed by atoms with E-state index in [2.05, 4.69) is 15.5 Å². The van der Waals surface area contributed by atoms with Crippen LogP contribution in [0, 0.1) is 0 Å². The minimum atomic E-state index is -2.49. The van der Waals surface area contributed by atoms with Crippen molar-refractivity contribution in [2.24, 2.45) is 0 Å². The van der Waals surface area contributed by atoms with Crippen molar-refractivity contribution in [3.8, 4) is 0 Å². The molecule has 18 heavy (non-hydrogen) atoms. The molecular weight excluding hydrogens is 238 g/mol. The third-order valence-corrected chi connectivity index (χ3v) is 3.51. The molecule has 0 amide bonds. The van der Waals surface area contributed by atoms with Gasteiger partial charge in [0.15, 0.2) is 0 Å². The minimum Gasteiger partial charge on any atom is -0.355 e. The van der Waals surface area contributed by atoms with Gasteiger partial charge in [0.2, 0.25) is 11.9 Å². The molecule has 1 aromatic heterocycles. The third-order valence-electron chi connectivity index (χ3n) is 3.51. The van der Waals surface area contributed by atoms with Gasteiger partial charge in [-0.3, -0.25) is 4.57 Å². The molecule has 4 nitrogen and oxygen atoms in total. The van der Waals surface area contributed by atoms with Crippen LogP contribution in [0.5, 0.6) is 0 Å². The van der Waals surface area contributed by atoms with Gasteiger partial charge in [0, 0.05) is 31.8 Å². The highest BCUT2D eigenvalue weighted by molar-refractivity contribution is 5.26. The molecule has 0 saturated heterocycles. The molecule has 1 N–H and O–H groups in total. The van der Waals surface area contributed by atoms with Crippen LogP contribution in [0.15, 0.2) is 0 Å². The smallest absolute Gasteiger partial charge is 0.248 e. The van der Waals surface area contributed by atoms with E-state index in [0.717, 1.165) is 24.9 Å². The van der Waals surface area contributed by atoms with Crippen LogP contribution in [-0.4, -0.2) is 27.2 Å². The second-order valence-electron chi connectivity index (χ2n) is 4.79. The molecule has 1 aromatic rings. The normalized spacial score (nSPS) is 20.0. The Bertz CT molecular complexity index is 393.